The molecule has 0 aromatic rings. The van der Waals surface area contributed by atoms with Gasteiger partial charge >= 0.3 is 0 Å². The van der Waals surface area contributed by atoms with Gasteiger partial charge in [-0.2, -0.15) is 4.31 Å². The number of hydrogen-bond donors (Lipinski definition) is 1. The summed E-state index contributed by atoms with van der Waals surface area (Å²) in [6, 6.07) is -0.256. The van der Waals surface area contributed by atoms with Gasteiger partial charge in [0.1, 0.15) is 5.21 Å². The van der Waals surface area contributed by atoms with Crippen LogP contribution in [0, 0.1) is 0 Å². The van der Waals surface area contributed by atoms with Crippen LogP contribution in [0.15, 0.2) is 0 Å². The van der Waals surface area contributed by atoms with Gasteiger partial charge in [-0.05, 0) is 12.8 Å². The average Bonchev–Trinajstić information content (AvgIpc) is 2.52. The summed E-state index contributed by atoms with van der Waals surface area (Å²) in [4.78, 5) is 0. The molecule has 72 valence electrons. The fraction of sp³-hybridized carbons (Fsp3) is 1.00. The molecule has 0 aliphatic carbocycles. The normalized spacial score (nSPS) is 26.3. The van der Waals surface area contributed by atoms with E-state index in [0.717, 1.165) is 12.8 Å². The first-order valence-corrected chi connectivity index (χ1v) is 5.92. The van der Waals surface area contributed by atoms with Gasteiger partial charge < -0.3 is 5.11 Å². The van der Waals surface area contributed by atoms with Gasteiger partial charge in [0, 0.05) is 12.6 Å². The Morgan fingerprint density at radius 2 is 2.25 bits per heavy atom. The van der Waals surface area contributed by atoms with Gasteiger partial charge in [-0.15, -0.1) is 11.6 Å². The highest BCUT2D eigenvalue weighted by Crippen LogP contribution is 2.21. The SMILES string of the molecule is O=S(=O)(CCl)N1CCC[C@H]1CO. The summed E-state index contributed by atoms with van der Waals surface area (Å²) < 4.78 is 23.8. The molecule has 1 aliphatic heterocycles. The lowest BCUT2D eigenvalue weighted by atomic mass is 10.2. The van der Waals surface area contributed by atoms with E-state index in [4.69, 9.17) is 16.7 Å². The zero-order valence-corrected chi connectivity index (χ0v) is 8.18. The van der Waals surface area contributed by atoms with Crippen molar-refractivity contribution in [1.82, 2.24) is 4.31 Å². The predicted octanol–water partition coefficient (Wildman–Crippen LogP) is -0.0308. The molecule has 1 saturated heterocycles. The van der Waals surface area contributed by atoms with Crippen LogP contribution in [0.25, 0.3) is 0 Å². The van der Waals surface area contributed by atoms with Crippen molar-refractivity contribution in [3.8, 4) is 0 Å². The summed E-state index contributed by atoms with van der Waals surface area (Å²) in [7, 11) is -3.32. The first-order valence-electron chi connectivity index (χ1n) is 3.78. The Kier molecular flexibility index (Phi) is 3.34. The Labute approximate surface area is 77.2 Å². The average molecular weight is 214 g/mol. The molecule has 0 unspecified atom stereocenters. The molecule has 0 amide bonds. The van der Waals surface area contributed by atoms with Crippen LogP contribution in [0.5, 0.6) is 0 Å². The van der Waals surface area contributed by atoms with Crippen molar-refractivity contribution in [3.05, 3.63) is 0 Å². The molecule has 1 N–H and O–H groups in total. The van der Waals surface area contributed by atoms with Crippen molar-refractivity contribution >= 4 is 21.6 Å². The Morgan fingerprint density at radius 3 is 2.75 bits per heavy atom. The predicted molar refractivity (Wildman–Crippen MR) is 46.5 cm³/mol. The second-order valence-electron chi connectivity index (χ2n) is 2.81. The van der Waals surface area contributed by atoms with Gasteiger partial charge in [-0.1, -0.05) is 0 Å². The van der Waals surface area contributed by atoms with E-state index in [2.05, 4.69) is 0 Å². The minimum Gasteiger partial charge on any atom is -0.395 e. The Hall–Kier alpha value is 0.160. The molecule has 1 fully saturated rings. The quantitative estimate of drug-likeness (QED) is 0.670. The van der Waals surface area contributed by atoms with Crippen LogP contribution in [0.3, 0.4) is 0 Å². The summed E-state index contributed by atoms with van der Waals surface area (Å²) in [5.74, 6) is 0. The largest absolute Gasteiger partial charge is 0.395 e. The number of hydrogen-bond acceptors (Lipinski definition) is 3. The van der Waals surface area contributed by atoms with Gasteiger partial charge in [-0.3, -0.25) is 0 Å². The highest BCUT2D eigenvalue weighted by molar-refractivity contribution is 7.90. The minimum absolute atomic E-state index is 0.115. The van der Waals surface area contributed by atoms with Crippen molar-refractivity contribution in [2.24, 2.45) is 0 Å². The third kappa shape index (κ3) is 1.90. The number of nitrogens with zero attached hydrogens (tertiary/aromatic N) is 1. The summed E-state index contributed by atoms with van der Waals surface area (Å²) in [5.41, 5.74) is 0. The molecular formula is C6H12ClNO3S. The molecule has 0 bridgehead atoms. The number of aliphatic hydroxyl groups excluding tert-OH is 1. The van der Waals surface area contributed by atoms with Crippen molar-refractivity contribution in [1.29, 1.82) is 0 Å². The number of rotatable bonds is 3. The van der Waals surface area contributed by atoms with Gasteiger partial charge in [0.05, 0.1) is 6.61 Å². The molecule has 12 heavy (non-hydrogen) atoms. The van der Waals surface area contributed by atoms with Gasteiger partial charge in [0.2, 0.25) is 10.0 Å². The second kappa shape index (κ2) is 3.91. The standard InChI is InChI=1S/C6H12ClNO3S/c7-5-12(10,11)8-3-1-2-6(8)4-9/h6,9H,1-5H2/t6-/m0/s1. The van der Waals surface area contributed by atoms with E-state index in [-0.39, 0.29) is 12.6 Å². The van der Waals surface area contributed by atoms with Crippen molar-refractivity contribution in [2.75, 3.05) is 18.4 Å². The molecule has 0 radical (unpaired) electrons. The molecule has 0 aromatic carbocycles. The Morgan fingerprint density at radius 1 is 1.58 bits per heavy atom. The maximum atomic E-state index is 11.3. The Bertz CT molecular complexity index is 241. The molecule has 1 heterocycles. The van der Waals surface area contributed by atoms with E-state index in [9.17, 15) is 8.42 Å². The lowest BCUT2D eigenvalue weighted by Crippen LogP contribution is -2.38. The molecule has 1 rings (SSSR count). The molecule has 0 aromatic heterocycles. The molecule has 1 aliphatic rings. The molecule has 6 heteroatoms. The lowest BCUT2D eigenvalue weighted by Gasteiger charge is -2.20. The summed E-state index contributed by atoms with van der Waals surface area (Å²) in [5, 5.41) is 8.45. The Balaban J connectivity index is 2.74. The number of sulfonamides is 1. The molecule has 0 saturated carbocycles. The van der Waals surface area contributed by atoms with Gasteiger partial charge in [0.25, 0.3) is 0 Å². The van der Waals surface area contributed by atoms with Crippen LogP contribution in [0.2, 0.25) is 0 Å². The fourth-order valence-electron chi connectivity index (χ4n) is 1.42. The lowest BCUT2D eigenvalue weighted by molar-refractivity contribution is 0.214. The van der Waals surface area contributed by atoms with E-state index >= 15 is 0 Å². The fourth-order valence-corrected chi connectivity index (χ4v) is 2.96. The summed E-state index contributed by atoms with van der Waals surface area (Å²) >= 11 is 5.28. The third-order valence-corrected chi connectivity index (χ3v) is 4.33. The molecule has 0 spiro atoms. The van der Waals surface area contributed by atoms with Crippen LogP contribution in [0.4, 0.5) is 0 Å². The number of alkyl halides is 1. The zero-order chi connectivity index (χ0) is 9.19. The van der Waals surface area contributed by atoms with E-state index in [1.807, 2.05) is 0 Å². The van der Waals surface area contributed by atoms with Gasteiger partial charge in [-0.25, -0.2) is 8.42 Å². The van der Waals surface area contributed by atoms with Crippen LogP contribution >= 0.6 is 11.6 Å². The number of aliphatic hydroxyl groups is 1. The van der Waals surface area contributed by atoms with Crippen LogP contribution in [-0.4, -0.2) is 42.2 Å². The summed E-state index contributed by atoms with van der Waals surface area (Å²) in [6.45, 7) is 0.371. The second-order valence-corrected chi connectivity index (χ2v) is 5.32. The van der Waals surface area contributed by atoms with Gasteiger partial charge in [0.15, 0.2) is 0 Å². The van der Waals surface area contributed by atoms with E-state index < -0.39 is 15.2 Å². The van der Waals surface area contributed by atoms with E-state index in [1.165, 1.54) is 4.31 Å². The third-order valence-electron chi connectivity index (χ3n) is 2.03. The minimum atomic E-state index is -3.32. The number of halogens is 1. The highest BCUT2D eigenvalue weighted by Gasteiger charge is 2.32. The molecule has 4 nitrogen and oxygen atoms in total. The van der Waals surface area contributed by atoms with Crippen molar-refractivity contribution in [2.45, 2.75) is 18.9 Å². The monoisotopic (exact) mass is 213 g/mol. The molecule has 1 atom stereocenters. The maximum Gasteiger partial charge on any atom is 0.228 e. The maximum absolute atomic E-state index is 11.3. The topological polar surface area (TPSA) is 57.6 Å². The summed E-state index contributed by atoms with van der Waals surface area (Å²) in [6.07, 6.45) is 1.54. The molecular weight excluding hydrogens is 202 g/mol. The van der Waals surface area contributed by atoms with Crippen LogP contribution < -0.4 is 0 Å². The van der Waals surface area contributed by atoms with Crippen LogP contribution in [-0.2, 0) is 10.0 Å². The highest BCUT2D eigenvalue weighted by atomic mass is 35.5. The zero-order valence-electron chi connectivity index (χ0n) is 6.61. The van der Waals surface area contributed by atoms with Crippen molar-refractivity contribution < 1.29 is 13.5 Å². The van der Waals surface area contributed by atoms with Crippen molar-refractivity contribution in [3.63, 3.8) is 0 Å². The smallest absolute Gasteiger partial charge is 0.228 e. The van der Waals surface area contributed by atoms with E-state index in [1.54, 1.807) is 0 Å². The first kappa shape index (κ1) is 10.2. The van der Waals surface area contributed by atoms with E-state index in [0.29, 0.717) is 6.54 Å². The first-order chi connectivity index (χ1) is 5.61. The van der Waals surface area contributed by atoms with Crippen LogP contribution in [0.1, 0.15) is 12.8 Å².